The first-order valence-electron chi connectivity index (χ1n) is 10.1. The fraction of sp³-hybridized carbons (Fsp3) is 0.333. The molecule has 1 aliphatic rings. The van der Waals surface area contributed by atoms with Crippen LogP contribution in [0.2, 0.25) is 4.31 Å². The van der Waals surface area contributed by atoms with E-state index in [1.165, 1.54) is 4.46 Å². The number of hydrogen-bond donors (Lipinski definition) is 1. The topological polar surface area (TPSA) is 49.4 Å². The number of rotatable bonds is 9. The van der Waals surface area contributed by atoms with E-state index in [1.54, 1.807) is 6.08 Å². The molecule has 0 spiro atoms. The maximum atomic E-state index is 12.9. The summed E-state index contributed by atoms with van der Waals surface area (Å²) in [4.78, 5) is 26.8. The molecule has 5 heteroatoms. The first-order valence-corrected chi connectivity index (χ1v) is 11.8. The van der Waals surface area contributed by atoms with E-state index in [1.807, 2.05) is 59.5 Å². The molecule has 2 aromatic carbocycles. The van der Waals surface area contributed by atoms with Crippen LogP contribution in [0.15, 0.2) is 66.7 Å². The molecular weight excluding hydrogens is 427 g/mol. The van der Waals surface area contributed by atoms with E-state index in [0.717, 1.165) is 37.9 Å². The second-order valence-corrected chi connectivity index (χ2v) is 10.7. The van der Waals surface area contributed by atoms with Crippen LogP contribution in [-0.2, 0) is 9.59 Å². The van der Waals surface area contributed by atoms with Gasteiger partial charge in [0.1, 0.15) is 0 Å². The number of unbranched alkanes of at least 4 members (excludes halogenated alkanes) is 1. The van der Waals surface area contributed by atoms with E-state index in [0.29, 0.717) is 6.54 Å². The molecule has 2 aromatic rings. The van der Waals surface area contributed by atoms with E-state index >= 15 is 0 Å². The summed E-state index contributed by atoms with van der Waals surface area (Å²) in [6.07, 6.45) is 6.09. The zero-order valence-electron chi connectivity index (χ0n) is 16.8. The van der Waals surface area contributed by atoms with E-state index in [9.17, 15) is 9.59 Å². The van der Waals surface area contributed by atoms with Gasteiger partial charge in [-0.25, -0.2) is 0 Å². The second-order valence-electron chi connectivity index (χ2n) is 7.43. The van der Waals surface area contributed by atoms with E-state index in [-0.39, 0.29) is 31.1 Å². The Morgan fingerprint density at radius 2 is 1.79 bits per heavy atom. The standard InChI is InChI=1S/C24H28N2O2Se/c1-24(29-21-12-6-3-7-13-21)16-19-26(23(24)28)18-9-8-17-25-22(27)15-14-20-10-4-2-5-11-20/h2-7,10-15H,8-9,16-19H2,1H3,(H,25,27)/b15-14+. The number of carbonyl (C=O) groups excluding carboxylic acids is 2. The molecule has 29 heavy (non-hydrogen) atoms. The normalized spacial score (nSPS) is 19.1. The average Bonchev–Trinajstić information content (AvgIpc) is 3.02. The van der Waals surface area contributed by atoms with Crippen molar-refractivity contribution >= 4 is 37.3 Å². The first kappa shape index (κ1) is 21.4. The van der Waals surface area contributed by atoms with Crippen LogP contribution >= 0.6 is 0 Å². The summed E-state index contributed by atoms with van der Waals surface area (Å²) in [5.74, 6) is 0.209. The van der Waals surface area contributed by atoms with Crippen LogP contribution in [0.1, 0.15) is 31.7 Å². The third-order valence-corrected chi connectivity index (χ3v) is 7.87. The van der Waals surface area contributed by atoms with Gasteiger partial charge in [0.2, 0.25) is 0 Å². The van der Waals surface area contributed by atoms with Gasteiger partial charge in [-0.2, -0.15) is 0 Å². The van der Waals surface area contributed by atoms with Crippen LogP contribution in [-0.4, -0.2) is 51.3 Å². The average molecular weight is 455 g/mol. The zero-order chi connectivity index (χ0) is 20.5. The zero-order valence-corrected chi connectivity index (χ0v) is 18.6. The molecule has 2 amide bonds. The number of carbonyl (C=O) groups is 2. The maximum absolute atomic E-state index is 12.9. The molecular formula is C24H28N2O2Se. The van der Waals surface area contributed by atoms with Crippen molar-refractivity contribution in [3.05, 3.63) is 72.3 Å². The molecule has 0 radical (unpaired) electrons. The van der Waals surface area contributed by atoms with Crippen molar-refractivity contribution in [3.63, 3.8) is 0 Å². The van der Waals surface area contributed by atoms with Crippen LogP contribution in [0.25, 0.3) is 6.08 Å². The third-order valence-electron chi connectivity index (χ3n) is 5.07. The predicted molar refractivity (Wildman–Crippen MR) is 119 cm³/mol. The van der Waals surface area contributed by atoms with Crippen molar-refractivity contribution < 1.29 is 9.59 Å². The molecule has 3 rings (SSSR count). The molecule has 0 saturated carbocycles. The summed E-state index contributed by atoms with van der Waals surface area (Å²) in [5, 5.41) is 2.91. The van der Waals surface area contributed by atoms with Crippen molar-refractivity contribution in [2.24, 2.45) is 0 Å². The Morgan fingerprint density at radius 1 is 1.10 bits per heavy atom. The van der Waals surface area contributed by atoms with Gasteiger partial charge < -0.3 is 0 Å². The van der Waals surface area contributed by atoms with Crippen LogP contribution in [0.3, 0.4) is 0 Å². The minimum absolute atomic E-state index is 0.0794. The molecule has 152 valence electrons. The van der Waals surface area contributed by atoms with Crippen LogP contribution in [0, 0.1) is 0 Å². The molecule has 1 fully saturated rings. The number of nitrogens with one attached hydrogen (secondary N) is 1. The summed E-state index contributed by atoms with van der Waals surface area (Å²) in [5.41, 5.74) is 1.01. The predicted octanol–water partition coefficient (Wildman–Crippen LogP) is 3.04. The Balaban J connectivity index is 1.35. The number of benzene rings is 2. The van der Waals surface area contributed by atoms with Gasteiger partial charge in [0, 0.05) is 0 Å². The Morgan fingerprint density at radius 3 is 2.52 bits per heavy atom. The van der Waals surface area contributed by atoms with Crippen molar-refractivity contribution in [3.8, 4) is 0 Å². The molecule has 1 saturated heterocycles. The summed E-state index contributed by atoms with van der Waals surface area (Å²) < 4.78 is 1.05. The summed E-state index contributed by atoms with van der Waals surface area (Å²) >= 11 is 0.152. The van der Waals surface area contributed by atoms with Crippen LogP contribution < -0.4 is 9.78 Å². The molecule has 1 atom stereocenters. The van der Waals surface area contributed by atoms with Gasteiger partial charge >= 0.3 is 149 Å². The van der Waals surface area contributed by atoms with Crippen molar-refractivity contribution in [1.82, 2.24) is 10.2 Å². The summed E-state index contributed by atoms with van der Waals surface area (Å²) in [6, 6.07) is 20.1. The first-order chi connectivity index (χ1) is 14.1. The fourth-order valence-corrected chi connectivity index (χ4v) is 5.95. The molecule has 0 bridgehead atoms. The second kappa shape index (κ2) is 10.4. The van der Waals surface area contributed by atoms with Crippen molar-refractivity contribution in [2.45, 2.75) is 30.5 Å². The Bertz CT molecular complexity index is 838. The molecule has 1 N–H and O–H groups in total. The number of hydrogen-bond acceptors (Lipinski definition) is 2. The SMILES string of the molecule is CC1([Se]c2ccccc2)CCN(CCCCNC(=O)/C=C/c2ccccc2)C1=O. The molecule has 1 heterocycles. The minimum atomic E-state index is -0.231. The fourth-order valence-electron chi connectivity index (χ4n) is 3.38. The molecule has 0 aliphatic carbocycles. The number of amides is 2. The number of nitrogens with zero attached hydrogens (tertiary/aromatic N) is 1. The molecule has 1 aliphatic heterocycles. The van der Waals surface area contributed by atoms with Crippen molar-refractivity contribution in [2.75, 3.05) is 19.6 Å². The van der Waals surface area contributed by atoms with Gasteiger partial charge in [0.15, 0.2) is 0 Å². The molecule has 4 nitrogen and oxygen atoms in total. The van der Waals surface area contributed by atoms with Crippen molar-refractivity contribution in [1.29, 1.82) is 0 Å². The van der Waals surface area contributed by atoms with Gasteiger partial charge in [0.05, 0.1) is 0 Å². The summed E-state index contributed by atoms with van der Waals surface area (Å²) in [6.45, 7) is 4.36. The van der Waals surface area contributed by atoms with Gasteiger partial charge in [-0.3, -0.25) is 0 Å². The Hall–Kier alpha value is -2.36. The third kappa shape index (κ3) is 6.31. The quantitative estimate of drug-likeness (QED) is 0.359. The van der Waals surface area contributed by atoms with Gasteiger partial charge in [0.25, 0.3) is 0 Å². The Kier molecular flexibility index (Phi) is 7.68. The number of likely N-dealkylation sites (tertiary alicyclic amines) is 1. The monoisotopic (exact) mass is 456 g/mol. The van der Waals surface area contributed by atoms with E-state index < -0.39 is 0 Å². The van der Waals surface area contributed by atoms with Gasteiger partial charge in [-0.1, -0.05) is 30.3 Å². The Labute approximate surface area is 179 Å². The summed E-state index contributed by atoms with van der Waals surface area (Å²) in [7, 11) is 0. The molecule has 0 aromatic heterocycles. The van der Waals surface area contributed by atoms with Crippen LogP contribution in [0.5, 0.6) is 0 Å². The van der Waals surface area contributed by atoms with E-state index in [2.05, 4.69) is 24.4 Å². The van der Waals surface area contributed by atoms with Gasteiger partial charge in [-0.15, -0.1) is 0 Å². The van der Waals surface area contributed by atoms with E-state index in [4.69, 9.17) is 0 Å². The van der Waals surface area contributed by atoms with Gasteiger partial charge in [-0.05, 0) is 0 Å². The molecule has 1 unspecified atom stereocenters. The van der Waals surface area contributed by atoms with Crippen LogP contribution in [0.4, 0.5) is 0 Å².